The number of hydrogen-bond donors (Lipinski definition) is 1. The summed E-state index contributed by atoms with van der Waals surface area (Å²) in [5, 5.41) is 4.00. The first-order chi connectivity index (χ1) is 8.58. The molecule has 0 saturated carbocycles. The van der Waals surface area contributed by atoms with Crippen LogP contribution in [0.1, 0.15) is 30.1 Å². The molecule has 1 aromatic carbocycles. The molecule has 1 atom stereocenters. The predicted molar refractivity (Wildman–Crippen MR) is 91.4 cm³/mol. The maximum atomic E-state index is 12.1. The second kappa shape index (κ2) is 8.53. The van der Waals surface area contributed by atoms with Crippen molar-refractivity contribution < 1.29 is 4.79 Å². The van der Waals surface area contributed by atoms with Crippen LogP contribution in [0.3, 0.4) is 0 Å². The predicted octanol–water partition coefficient (Wildman–Crippen LogP) is 4.59. The zero-order valence-corrected chi connectivity index (χ0v) is 15.5. The molecule has 0 aliphatic carbocycles. The average molecular weight is 489 g/mol. The minimum Gasteiger partial charge on any atom is -0.352 e. The van der Waals surface area contributed by atoms with E-state index in [4.69, 9.17) is 0 Å². The highest BCUT2D eigenvalue weighted by molar-refractivity contribution is 14.1. The van der Waals surface area contributed by atoms with Gasteiger partial charge in [0.1, 0.15) is 0 Å². The third-order valence-corrected chi connectivity index (χ3v) is 4.71. The normalized spacial score (nSPS) is 12.2. The molecular weight excluding hydrogens is 473 g/mol. The molecule has 0 radical (unpaired) electrons. The maximum Gasteiger partial charge on any atom is 0.252 e. The van der Waals surface area contributed by atoms with Gasteiger partial charge in [-0.3, -0.25) is 4.79 Å². The van der Waals surface area contributed by atoms with Gasteiger partial charge in [-0.25, -0.2) is 0 Å². The monoisotopic (exact) mass is 487 g/mol. The highest BCUT2D eigenvalue weighted by Crippen LogP contribution is 2.18. The molecule has 0 saturated heterocycles. The number of carbonyl (C=O) groups is 1. The van der Waals surface area contributed by atoms with Crippen LogP contribution in [0.2, 0.25) is 0 Å². The van der Waals surface area contributed by atoms with Crippen molar-refractivity contribution >= 4 is 60.4 Å². The first kappa shape index (κ1) is 16.4. The van der Waals surface area contributed by atoms with E-state index in [1.165, 1.54) is 0 Å². The molecule has 100 valence electrons. The number of carbonyl (C=O) groups excluding carboxylic acids is 1. The SMILES string of the molecule is CCC(CCBr)CNC(=O)c1cc(Br)ccc1I. The Morgan fingerprint density at radius 1 is 1.50 bits per heavy atom. The van der Waals surface area contributed by atoms with E-state index in [9.17, 15) is 4.79 Å². The standard InChI is InChI=1S/C13H16Br2INO/c1-2-9(5-6-14)8-17-13(18)11-7-10(15)3-4-12(11)16/h3-4,7,9H,2,5-6,8H2,1H3,(H,17,18). The van der Waals surface area contributed by atoms with Gasteiger partial charge < -0.3 is 5.32 Å². The van der Waals surface area contributed by atoms with Crippen LogP contribution in [0, 0.1) is 9.49 Å². The van der Waals surface area contributed by atoms with Crippen molar-refractivity contribution in [2.24, 2.45) is 5.92 Å². The Labute approximate surface area is 139 Å². The molecule has 0 spiro atoms. The quantitative estimate of drug-likeness (QED) is 0.460. The largest absolute Gasteiger partial charge is 0.352 e. The molecular formula is C13H16Br2INO. The molecule has 0 bridgehead atoms. The summed E-state index contributed by atoms with van der Waals surface area (Å²) in [6.45, 7) is 2.89. The van der Waals surface area contributed by atoms with Crippen molar-refractivity contribution in [1.29, 1.82) is 0 Å². The molecule has 1 rings (SSSR count). The van der Waals surface area contributed by atoms with E-state index in [1.807, 2.05) is 18.2 Å². The van der Waals surface area contributed by atoms with Gasteiger partial charge in [0.05, 0.1) is 5.56 Å². The fraction of sp³-hybridized carbons (Fsp3) is 0.462. The van der Waals surface area contributed by atoms with Gasteiger partial charge in [0.25, 0.3) is 5.91 Å². The van der Waals surface area contributed by atoms with Crippen molar-refractivity contribution in [3.05, 3.63) is 31.8 Å². The van der Waals surface area contributed by atoms with Crippen molar-refractivity contribution in [3.8, 4) is 0 Å². The number of rotatable bonds is 6. The molecule has 18 heavy (non-hydrogen) atoms. The summed E-state index contributed by atoms with van der Waals surface area (Å²) >= 11 is 9.02. The topological polar surface area (TPSA) is 29.1 Å². The van der Waals surface area contributed by atoms with Gasteiger partial charge in [0.15, 0.2) is 0 Å². The Morgan fingerprint density at radius 3 is 2.83 bits per heavy atom. The average Bonchev–Trinajstić information content (AvgIpc) is 2.37. The number of alkyl halides is 1. The van der Waals surface area contributed by atoms with Gasteiger partial charge in [-0.05, 0) is 53.1 Å². The van der Waals surface area contributed by atoms with Crippen LogP contribution in [0.25, 0.3) is 0 Å². The molecule has 0 fully saturated rings. The molecule has 1 N–H and O–H groups in total. The molecule has 0 aliphatic rings. The molecule has 0 aromatic heterocycles. The number of amides is 1. The van der Waals surface area contributed by atoms with E-state index in [0.29, 0.717) is 5.92 Å². The van der Waals surface area contributed by atoms with Crippen LogP contribution < -0.4 is 5.32 Å². The number of benzene rings is 1. The molecule has 1 aromatic rings. The van der Waals surface area contributed by atoms with Crippen molar-refractivity contribution in [2.75, 3.05) is 11.9 Å². The van der Waals surface area contributed by atoms with Crippen LogP contribution in [-0.4, -0.2) is 17.8 Å². The van der Waals surface area contributed by atoms with Crippen molar-refractivity contribution in [3.63, 3.8) is 0 Å². The van der Waals surface area contributed by atoms with E-state index in [-0.39, 0.29) is 5.91 Å². The fourth-order valence-corrected chi connectivity index (χ4v) is 3.20. The van der Waals surface area contributed by atoms with Crippen molar-refractivity contribution in [1.82, 2.24) is 5.32 Å². The lowest BCUT2D eigenvalue weighted by Gasteiger charge is -2.14. The second-order valence-electron chi connectivity index (χ2n) is 4.09. The summed E-state index contributed by atoms with van der Waals surface area (Å²) in [6.07, 6.45) is 2.17. The van der Waals surface area contributed by atoms with Crippen LogP contribution in [0.5, 0.6) is 0 Å². The van der Waals surface area contributed by atoms with Gasteiger partial charge in [-0.2, -0.15) is 0 Å². The lowest BCUT2D eigenvalue weighted by Crippen LogP contribution is -2.29. The minimum absolute atomic E-state index is 0.00808. The second-order valence-corrected chi connectivity index (χ2v) is 6.96. The lowest BCUT2D eigenvalue weighted by atomic mass is 10.0. The first-order valence-electron chi connectivity index (χ1n) is 5.87. The van der Waals surface area contributed by atoms with Crippen LogP contribution in [-0.2, 0) is 0 Å². The van der Waals surface area contributed by atoms with Gasteiger partial charge in [-0.15, -0.1) is 0 Å². The Morgan fingerprint density at radius 2 is 2.22 bits per heavy atom. The Balaban J connectivity index is 2.62. The van der Waals surface area contributed by atoms with Gasteiger partial charge >= 0.3 is 0 Å². The van der Waals surface area contributed by atoms with Crippen LogP contribution in [0.4, 0.5) is 0 Å². The third kappa shape index (κ3) is 5.17. The smallest absolute Gasteiger partial charge is 0.252 e. The maximum absolute atomic E-state index is 12.1. The van der Waals surface area contributed by atoms with Crippen LogP contribution in [0.15, 0.2) is 22.7 Å². The van der Waals surface area contributed by atoms with Crippen molar-refractivity contribution in [2.45, 2.75) is 19.8 Å². The Kier molecular flexibility index (Phi) is 7.79. The Hall–Kier alpha value is 0.380. The highest BCUT2D eigenvalue weighted by atomic mass is 127. The van der Waals surface area contributed by atoms with Gasteiger partial charge in [0.2, 0.25) is 0 Å². The summed E-state index contributed by atoms with van der Waals surface area (Å²) in [6, 6.07) is 5.75. The summed E-state index contributed by atoms with van der Waals surface area (Å²) in [5.41, 5.74) is 0.735. The van der Waals surface area contributed by atoms with E-state index in [0.717, 1.165) is 38.3 Å². The Bertz CT molecular complexity index is 412. The zero-order valence-electron chi connectivity index (χ0n) is 10.2. The molecule has 2 nitrogen and oxygen atoms in total. The van der Waals surface area contributed by atoms with E-state index in [1.54, 1.807) is 0 Å². The summed E-state index contributed by atoms with van der Waals surface area (Å²) in [5.74, 6) is 0.548. The van der Waals surface area contributed by atoms with Gasteiger partial charge in [0, 0.05) is 19.9 Å². The summed E-state index contributed by atoms with van der Waals surface area (Å²) in [7, 11) is 0. The highest BCUT2D eigenvalue weighted by Gasteiger charge is 2.12. The van der Waals surface area contributed by atoms with Gasteiger partial charge in [-0.1, -0.05) is 45.2 Å². The fourth-order valence-electron chi connectivity index (χ4n) is 1.61. The summed E-state index contributed by atoms with van der Waals surface area (Å²) < 4.78 is 1.91. The minimum atomic E-state index is 0.00808. The first-order valence-corrected chi connectivity index (χ1v) is 8.87. The van der Waals surface area contributed by atoms with Crippen LogP contribution >= 0.6 is 54.5 Å². The molecule has 5 heteroatoms. The summed E-state index contributed by atoms with van der Waals surface area (Å²) in [4.78, 5) is 12.1. The van der Waals surface area contributed by atoms with E-state index in [2.05, 4.69) is 66.7 Å². The molecule has 0 heterocycles. The lowest BCUT2D eigenvalue weighted by molar-refractivity contribution is 0.0945. The number of hydrogen-bond acceptors (Lipinski definition) is 1. The third-order valence-electron chi connectivity index (χ3n) is 2.82. The molecule has 0 aliphatic heterocycles. The van der Waals surface area contributed by atoms with E-state index < -0.39 is 0 Å². The number of nitrogens with one attached hydrogen (secondary N) is 1. The molecule has 1 amide bonds. The van der Waals surface area contributed by atoms with E-state index >= 15 is 0 Å². The zero-order chi connectivity index (χ0) is 13.5. The number of halogens is 3. The molecule has 1 unspecified atom stereocenters.